The van der Waals surface area contributed by atoms with Crippen molar-refractivity contribution in [2.24, 2.45) is 4.99 Å². The lowest BCUT2D eigenvalue weighted by atomic mass is 10.00. The fraction of sp³-hybridized carbons (Fsp3) is 0.290. The molecule has 1 saturated heterocycles. The molecule has 190 valence electrons. The lowest BCUT2D eigenvalue weighted by Gasteiger charge is -2.26. The zero-order valence-electron chi connectivity index (χ0n) is 21.6. The quantitative estimate of drug-likeness (QED) is 0.304. The minimum absolute atomic E-state index is 0.0350. The molecule has 6 nitrogen and oxygen atoms in total. The molecule has 0 radical (unpaired) electrons. The molecule has 1 aromatic heterocycles. The van der Waals surface area contributed by atoms with E-state index in [4.69, 9.17) is 4.99 Å². The molecule has 0 saturated carbocycles. The molecule has 1 aliphatic heterocycles. The van der Waals surface area contributed by atoms with Crippen LogP contribution in [0.2, 0.25) is 0 Å². The summed E-state index contributed by atoms with van der Waals surface area (Å²) in [7, 11) is 1.78. The molecular formula is C31H34N4O2. The average molecular weight is 495 g/mol. The highest BCUT2D eigenvalue weighted by Gasteiger charge is 2.20. The minimum Gasteiger partial charge on any atom is -0.494 e. The third-order valence-electron chi connectivity index (χ3n) is 7.16. The Balaban J connectivity index is 1.52. The van der Waals surface area contributed by atoms with E-state index >= 15 is 0 Å². The number of amides is 1. The number of aromatic nitrogens is 1. The van der Waals surface area contributed by atoms with Crippen LogP contribution < -0.4 is 0 Å². The minimum atomic E-state index is -0.0540. The normalized spacial score (nSPS) is 14.7. The Hall–Kier alpha value is -3.90. The number of carbonyl (C=O) groups is 1. The molecule has 1 fully saturated rings. The molecular weight excluding hydrogens is 460 g/mol. The highest BCUT2D eigenvalue weighted by Crippen LogP contribution is 2.32. The first-order valence-corrected chi connectivity index (χ1v) is 13.1. The zero-order chi connectivity index (χ0) is 25.8. The van der Waals surface area contributed by atoms with Crippen LogP contribution in [0.1, 0.15) is 53.2 Å². The number of aromatic amines is 1. The molecule has 5 rings (SSSR count). The van der Waals surface area contributed by atoms with Crippen molar-refractivity contribution in [3.63, 3.8) is 0 Å². The maximum Gasteiger partial charge on any atom is 0.253 e. The number of nitrogens with one attached hydrogen (secondary N) is 1. The summed E-state index contributed by atoms with van der Waals surface area (Å²) < 4.78 is 0. The van der Waals surface area contributed by atoms with Gasteiger partial charge < -0.3 is 15.0 Å². The van der Waals surface area contributed by atoms with E-state index in [9.17, 15) is 9.90 Å². The Morgan fingerprint density at radius 2 is 1.70 bits per heavy atom. The number of hydrogen-bond acceptors (Lipinski definition) is 4. The van der Waals surface area contributed by atoms with Crippen molar-refractivity contribution in [1.82, 2.24) is 14.8 Å². The molecule has 6 heteroatoms. The molecule has 0 aliphatic carbocycles. The number of nitrogens with zero attached hydrogens (tertiary/aromatic N) is 3. The van der Waals surface area contributed by atoms with Gasteiger partial charge in [-0.3, -0.25) is 9.69 Å². The molecule has 4 aromatic rings. The zero-order valence-corrected chi connectivity index (χ0v) is 21.6. The molecule has 0 unspecified atom stereocenters. The molecule has 1 aliphatic rings. The maximum atomic E-state index is 12.7. The molecule has 0 atom stereocenters. The van der Waals surface area contributed by atoms with Crippen molar-refractivity contribution in [2.45, 2.75) is 32.7 Å². The summed E-state index contributed by atoms with van der Waals surface area (Å²) in [5, 5.41) is 11.8. The lowest BCUT2D eigenvalue weighted by molar-refractivity contribution is 0.0802. The van der Waals surface area contributed by atoms with E-state index < -0.39 is 0 Å². The van der Waals surface area contributed by atoms with Gasteiger partial charge in [0, 0.05) is 42.2 Å². The van der Waals surface area contributed by atoms with Crippen LogP contribution in [0.15, 0.2) is 77.8 Å². The average Bonchev–Trinajstić information content (AvgIpc) is 3.27. The number of piperidine rings is 1. The number of carbonyl (C=O) groups excluding carboxylic acids is 1. The topological polar surface area (TPSA) is 71.9 Å². The standard InChI is InChI=1S/C31H34N4O2/c1-3-34(2)31(37)24-14-17-26-27(20-24)33-30(36)28(26)29(23-10-6-4-7-11-23)32-25-15-12-22(13-16-25)21-35-18-8-5-9-19-35/h4,6-7,10-17,20,33,36H,3,5,8-9,18-19,21H2,1-2H3. The van der Waals surface area contributed by atoms with Gasteiger partial charge >= 0.3 is 0 Å². The van der Waals surface area contributed by atoms with Gasteiger partial charge in [0.05, 0.1) is 17.0 Å². The molecule has 1 amide bonds. The molecule has 0 bridgehead atoms. The number of benzene rings is 3. The smallest absolute Gasteiger partial charge is 0.253 e. The van der Waals surface area contributed by atoms with Crippen LogP contribution in [0.3, 0.4) is 0 Å². The molecule has 0 spiro atoms. The summed E-state index contributed by atoms with van der Waals surface area (Å²) in [6, 6.07) is 23.8. The van der Waals surface area contributed by atoms with Gasteiger partial charge in [0.1, 0.15) is 0 Å². The predicted octanol–water partition coefficient (Wildman–Crippen LogP) is 6.12. The fourth-order valence-electron chi connectivity index (χ4n) is 4.96. The van der Waals surface area contributed by atoms with Crippen LogP contribution in [0, 0.1) is 0 Å². The van der Waals surface area contributed by atoms with Crippen molar-refractivity contribution < 1.29 is 9.90 Å². The Labute approximate surface area is 218 Å². The SMILES string of the molecule is CCN(C)C(=O)c1ccc2c(C(=Nc3ccc(CN4CCCCC4)cc3)c3ccccc3)c(O)[nH]c2c1. The lowest BCUT2D eigenvalue weighted by Crippen LogP contribution is -2.28. The van der Waals surface area contributed by atoms with E-state index in [1.807, 2.05) is 61.5 Å². The van der Waals surface area contributed by atoms with Crippen molar-refractivity contribution in [3.05, 3.63) is 95.1 Å². The summed E-state index contributed by atoms with van der Waals surface area (Å²) in [4.78, 5) is 24.9. The van der Waals surface area contributed by atoms with Crippen LogP contribution in [-0.4, -0.2) is 58.2 Å². The van der Waals surface area contributed by atoms with Crippen LogP contribution in [0.5, 0.6) is 5.88 Å². The molecule has 2 heterocycles. The number of fused-ring (bicyclic) bond motifs is 1. The maximum absolute atomic E-state index is 12.7. The molecule has 37 heavy (non-hydrogen) atoms. The highest BCUT2D eigenvalue weighted by atomic mass is 16.3. The van der Waals surface area contributed by atoms with Gasteiger partial charge in [0.2, 0.25) is 0 Å². The van der Waals surface area contributed by atoms with E-state index in [-0.39, 0.29) is 11.8 Å². The second kappa shape index (κ2) is 11.0. The molecule has 2 N–H and O–H groups in total. The summed E-state index contributed by atoms with van der Waals surface area (Å²) in [6.45, 7) is 5.87. The number of H-pyrrole nitrogens is 1. The number of rotatable bonds is 7. The van der Waals surface area contributed by atoms with Gasteiger partial charge in [-0.1, -0.05) is 55.0 Å². The summed E-state index contributed by atoms with van der Waals surface area (Å²) in [5.74, 6) is -0.0191. The first-order valence-electron chi connectivity index (χ1n) is 13.1. The third-order valence-corrected chi connectivity index (χ3v) is 7.16. The van der Waals surface area contributed by atoms with Gasteiger partial charge in [0.25, 0.3) is 5.91 Å². The second-order valence-corrected chi connectivity index (χ2v) is 9.76. The molecule has 3 aromatic carbocycles. The van der Waals surface area contributed by atoms with E-state index in [2.05, 4.69) is 22.0 Å². The number of aliphatic imine (C=N–C) groups is 1. The van der Waals surface area contributed by atoms with Gasteiger partial charge in [0.15, 0.2) is 5.88 Å². The summed E-state index contributed by atoms with van der Waals surface area (Å²) >= 11 is 0. The van der Waals surface area contributed by atoms with Crippen molar-refractivity contribution in [1.29, 1.82) is 0 Å². The van der Waals surface area contributed by atoms with Crippen molar-refractivity contribution >= 4 is 28.2 Å². The number of aromatic hydroxyl groups is 1. The Kier molecular flexibility index (Phi) is 7.37. The van der Waals surface area contributed by atoms with E-state index in [0.717, 1.165) is 23.2 Å². The predicted molar refractivity (Wildman–Crippen MR) is 150 cm³/mol. The largest absolute Gasteiger partial charge is 0.494 e. The van der Waals surface area contributed by atoms with Crippen molar-refractivity contribution in [3.8, 4) is 5.88 Å². The van der Waals surface area contributed by atoms with Gasteiger partial charge in [-0.15, -0.1) is 0 Å². The van der Waals surface area contributed by atoms with Crippen LogP contribution in [0.4, 0.5) is 5.69 Å². The number of likely N-dealkylation sites (tertiary alicyclic amines) is 1. The monoisotopic (exact) mass is 494 g/mol. The van der Waals surface area contributed by atoms with Crippen LogP contribution in [0.25, 0.3) is 10.9 Å². The van der Waals surface area contributed by atoms with E-state index in [1.54, 1.807) is 18.0 Å². The summed E-state index contributed by atoms with van der Waals surface area (Å²) in [6.07, 6.45) is 3.89. The van der Waals surface area contributed by atoms with Crippen LogP contribution in [-0.2, 0) is 6.54 Å². The number of hydrogen-bond donors (Lipinski definition) is 2. The van der Waals surface area contributed by atoms with E-state index in [1.165, 1.54) is 37.9 Å². The van der Waals surface area contributed by atoms with Crippen LogP contribution >= 0.6 is 0 Å². The Morgan fingerprint density at radius 1 is 0.973 bits per heavy atom. The first kappa shape index (κ1) is 24.8. The van der Waals surface area contributed by atoms with E-state index in [0.29, 0.717) is 28.9 Å². The van der Waals surface area contributed by atoms with Crippen molar-refractivity contribution in [2.75, 3.05) is 26.7 Å². The highest BCUT2D eigenvalue weighted by molar-refractivity contribution is 6.22. The fourth-order valence-corrected chi connectivity index (χ4v) is 4.96. The second-order valence-electron chi connectivity index (χ2n) is 9.76. The summed E-state index contributed by atoms with van der Waals surface area (Å²) in [5.41, 5.74) is 5.59. The Morgan fingerprint density at radius 3 is 2.41 bits per heavy atom. The Bertz CT molecular complexity index is 1400. The van der Waals surface area contributed by atoms with Gasteiger partial charge in [-0.25, -0.2) is 4.99 Å². The first-order chi connectivity index (χ1) is 18.0. The third kappa shape index (κ3) is 5.44. The van der Waals surface area contributed by atoms with Gasteiger partial charge in [-0.05, 0) is 62.7 Å². The van der Waals surface area contributed by atoms with Gasteiger partial charge in [-0.2, -0.15) is 0 Å².